The third-order valence-electron chi connectivity index (χ3n) is 10.9. The first-order valence-electron chi connectivity index (χ1n) is 25.9. The van der Waals surface area contributed by atoms with Crippen LogP contribution in [0.5, 0.6) is 0 Å². The van der Waals surface area contributed by atoms with Crippen molar-refractivity contribution in [3.05, 3.63) is 109 Å². The summed E-state index contributed by atoms with van der Waals surface area (Å²) in [5, 5.41) is 9.66. The molecule has 66 heavy (non-hydrogen) atoms. The second-order valence-corrected chi connectivity index (χ2v) is 18.0. The fraction of sp³-hybridized carbons (Fsp3) is 0.638. The molecule has 0 aromatic carbocycles. The zero-order valence-corrected chi connectivity index (χ0v) is 42.6. The highest BCUT2D eigenvalue weighted by Crippen LogP contribution is 2.14. The lowest BCUT2D eigenvalue weighted by atomic mass is 10.1. The summed E-state index contributed by atoms with van der Waals surface area (Å²) in [7, 11) is 5.52. The van der Waals surface area contributed by atoms with Gasteiger partial charge in [0.2, 0.25) is 0 Å². The number of quaternary nitrogens is 1. The van der Waals surface area contributed by atoms with Gasteiger partial charge in [-0.3, -0.25) is 9.59 Å². The highest BCUT2D eigenvalue weighted by Gasteiger charge is 2.31. The minimum Gasteiger partial charge on any atom is -0.477 e. The first-order chi connectivity index (χ1) is 32.1. The quantitative estimate of drug-likeness (QED) is 0.0281. The average molecular weight is 919 g/mol. The van der Waals surface area contributed by atoms with Crippen LogP contribution in [-0.4, -0.2) is 80.6 Å². The summed E-state index contributed by atoms with van der Waals surface area (Å²) in [4.78, 5) is 37.2. The molecule has 0 spiro atoms. The molecule has 0 radical (unpaired) electrons. The number of allylic oxidation sites excluding steroid dienone is 18. The molecule has 8 heteroatoms. The lowest BCUT2D eigenvalue weighted by molar-refractivity contribution is -0.887. The van der Waals surface area contributed by atoms with Crippen LogP contribution >= 0.6 is 0 Å². The van der Waals surface area contributed by atoms with Crippen molar-refractivity contribution >= 4 is 17.9 Å². The largest absolute Gasteiger partial charge is 0.477 e. The molecule has 2 atom stereocenters. The Bertz CT molecular complexity index is 1440. The van der Waals surface area contributed by atoms with Crippen LogP contribution in [0.4, 0.5) is 0 Å². The molecule has 0 rings (SSSR count). The van der Waals surface area contributed by atoms with E-state index in [1.165, 1.54) is 38.5 Å². The second-order valence-electron chi connectivity index (χ2n) is 18.0. The predicted octanol–water partition coefficient (Wildman–Crippen LogP) is 15.2. The zero-order valence-electron chi connectivity index (χ0n) is 42.6. The molecule has 2 unspecified atom stereocenters. The Morgan fingerprint density at radius 2 is 0.803 bits per heavy atom. The van der Waals surface area contributed by atoms with E-state index in [9.17, 15) is 19.5 Å². The molecule has 8 nitrogen and oxygen atoms in total. The maximum absolute atomic E-state index is 12.8. The summed E-state index contributed by atoms with van der Waals surface area (Å²) in [6.07, 6.45) is 65.6. The lowest BCUT2D eigenvalue weighted by Gasteiger charge is -2.31. The standard InChI is InChI=1S/C58H95NO7/c1-6-8-10-12-14-16-18-20-22-24-26-27-28-29-31-32-34-36-38-40-42-44-46-48-56(60)65-53-54(52-64-51-50-55(58(62)63)59(3,4)5)66-57(61)49-47-45-43-41-39-37-35-33-30-25-23-21-19-17-15-13-11-9-7-2/h8-11,14-17,20-23,26-27,29,31,34,36,54-55H,6-7,12-13,18-19,24-25,28,30,32-33,35,37-53H2,1-5H3/p+1/b10-8+,11-9+,16-14+,17-15+,22-20+,23-21+,27-26+,31-29+,36-34+. The van der Waals surface area contributed by atoms with E-state index < -0.39 is 18.1 Å². The van der Waals surface area contributed by atoms with Gasteiger partial charge < -0.3 is 23.8 Å². The molecule has 0 bridgehead atoms. The van der Waals surface area contributed by atoms with E-state index in [1.807, 2.05) is 21.1 Å². The molecule has 0 amide bonds. The molecule has 0 fully saturated rings. The number of hydrogen-bond donors (Lipinski definition) is 1. The van der Waals surface area contributed by atoms with Crippen molar-refractivity contribution in [1.82, 2.24) is 0 Å². The van der Waals surface area contributed by atoms with Gasteiger partial charge in [-0.15, -0.1) is 0 Å². The third-order valence-corrected chi connectivity index (χ3v) is 10.9. The van der Waals surface area contributed by atoms with Gasteiger partial charge in [-0.2, -0.15) is 0 Å². The molecule has 0 saturated heterocycles. The van der Waals surface area contributed by atoms with Crippen LogP contribution in [0.2, 0.25) is 0 Å². The number of nitrogens with zero attached hydrogens (tertiary/aromatic N) is 1. The fourth-order valence-corrected chi connectivity index (χ4v) is 6.99. The van der Waals surface area contributed by atoms with E-state index >= 15 is 0 Å². The normalized spacial score (nSPS) is 13.8. The molecule has 0 aliphatic rings. The van der Waals surface area contributed by atoms with Gasteiger partial charge in [-0.1, -0.05) is 181 Å². The molecule has 0 aromatic heterocycles. The van der Waals surface area contributed by atoms with Gasteiger partial charge in [0.15, 0.2) is 12.1 Å². The van der Waals surface area contributed by atoms with Gasteiger partial charge in [0.1, 0.15) is 6.61 Å². The number of esters is 2. The van der Waals surface area contributed by atoms with E-state index in [-0.39, 0.29) is 36.2 Å². The highest BCUT2D eigenvalue weighted by atomic mass is 16.6. The van der Waals surface area contributed by atoms with Crippen molar-refractivity contribution in [3.8, 4) is 0 Å². The number of carbonyl (C=O) groups excluding carboxylic acids is 2. The Hall–Kier alpha value is -4.01. The number of carboxylic acids is 1. The highest BCUT2D eigenvalue weighted by molar-refractivity contribution is 5.72. The molecule has 0 aliphatic heterocycles. The second kappa shape index (κ2) is 47.5. The number of unbranched alkanes of at least 4 members (excludes halogenated alkanes) is 13. The molecular formula is C58H96NO7+. The molecule has 0 heterocycles. The summed E-state index contributed by atoms with van der Waals surface area (Å²) in [6, 6.07) is -0.627. The predicted molar refractivity (Wildman–Crippen MR) is 279 cm³/mol. The van der Waals surface area contributed by atoms with Crippen LogP contribution in [0.15, 0.2) is 109 Å². The summed E-state index contributed by atoms with van der Waals surface area (Å²) >= 11 is 0. The number of carbonyl (C=O) groups is 3. The van der Waals surface area contributed by atoms with Crippen molar-refractivity contribution in [3.63, 3.8) is 0 Å². The Morgan fingerprint density at radius 1 is 0.455 bits per heavy atom. The smallest absolute Gasteiger partial charge is 0.362 e. The minimum atomic E-state index is -0.884. The molecule has 0 aromatic rings. The molecule has 0 saturated carbocycles. The van der Waals surface area contributed by atoms with E-state index in [4.69, 9.17) is 14.2 Å². The Kier molecular flexibility index (Phi) is 44.6. The topological polar surface area (TPSA) is 99.1 Å². The number of hydrogen-bond acceptors (Lipinski definition) is 6. The van der Waals surface area contributed by atoms with Crippen LogP contribution in [0.1, 0.15) is 187 Å². The van der Waals surface area contributed by atoms with Crippen LogP contribution in [0.3, 0.4) is 0 Å². The van der Waals surface area contributed by atoms with Gasteiger partial charge in [-0.05, 0) is 96.3 Å². The monoisotopic (exact) mass is 919 g/mol. The first-order valence-corrected chi connectivity index (χ1v) is 25.9. The molecule has 0 aliphatic carbocycles. The number of aliphatic carboxylic acids is 1. The summed E-state index contributed by atoms with van der Waals surface area (Å²) in [5.74, 6) is -1.52. The Labute approximate surface area is 404 Å². The summed E-state index contributed by atoms with van der Waals surface area (Å²) < 4.78 is 17.3. The average Bonchev–Trinajstić information content (AvgIpc) is 3.28. The van der Waals surface area contributed by atoms with Gasteiger partial charge >= 0.3 is 17.9 Å². The fourth-order valence-electron chi connectivity index (χ4n) is 6.99. The molecule has 374 valence electrons. The van der Waals surface area contributed by atoms with E-state index in [2.05, 4.69) is 123 Å². The summed E-state index contributed by atoms with van der Waals surface area (Å²) in [5.41, 5.74) is 0. The van der Waals surface area contributed by atoms with Crippen LogP contribution in [-0.2, 0) is 28.6 Å². The minimum absolute atomic E-state index is 0.0436. The number of rotatable bonds is 45. The Morgan fingerprint density at radius 3 is 1.18 bits per heavy atom. The number of likely N-dealkylation sites (N-methyl/N-ethyl adjacent to an activating group) is 1. The van der Waals surface area contributed by atoms with Gasteiger partial charge in [0, 0.05) is 19.3 Å². The lowest BCUT2D eigenvalue weighted by Crippen LogP contribution is -2.50. The van der Waals surface area contributed by atoms with Crippen LogP contribution in [0, 0.1) is 0 Å². The van der Waals surface area contributed by atoms with Crippen molar-refractivity contribution in [2.24, 2.45) is 0 Å². The van der Waals surface area contributed by atoms with Crippen molar-refractivity contribution in [1.29, 1.82) is 0 Å². The SMILES string of the molecule is CC/C=C/C/C=C/C/C=C/C/C=C/C/C=C/C/C=C/CCCCCCC(=O)OCC(COCCC(C(=O)O)[N+](C)(C)C)OC(=O)CCCCCCCCCCC/C=C/C/C=C/C/C=C/CC. The van der Waals surface area contributed by atoms with E-state index in [1.54, 1.807) is 0 Å². The maximum atomic E-state index is 12.8. The van der Waals surface area contributed by atoms with Gasteiger partial charge in [0.05, 0.1) is 34.4 Å². The Balaban J connectivity index is 4.33. The maximum Gasteiger partial charge on any atom is 0.362 e. The number of carboxylic acid groups (broad SMARTS) is 1. The van der Waals surface area contributed by atoms with E-state index in [0.29, 0.717) is 19.3 Å². The van der Waals surface area contributed by atoms with Gasteiger partial charge in [0.25, 0.3) is 0 Å². The number of ether oxygens (including phenoxy) is 3. The molecule has 1 N–H and O–H groups in total. The first kappa shape index (κ1) is 62.0. The summed E-state index contributed by atoms with van der Waals surface area (Å²) in [6.45, 7) is 4.47. The van der Waals surface area contributed by atoms with Crippen molar-refractivity contribution in [2.75, 3.05) is 41.0 Å². The van der Waals surface area contributed by atoms with Crippen LogP contribution in [0.25, 0.3) is 0 Å². The van der Waals surface area contributed by atoms with Crippen molar-refractivity contribution < 1.29 is 38.2 Å². The van der Waals surface area contributed by atoms with Crippen LogP contribution < -0.4 is 0 Å². The van der Waals surface area contributed by atoms with E-state index in [0.717, 1.165) is 116 Å². The third kappa shape index (κ3) is 45.2. The van der Waals surface area contributed by atoms with Gasteiger partial charge in [-0.25, -0.2) is 4.79 Å². The molecular weight excluding hydrogens is 823 g/mol. The van der Waals surface area contributed by atoms with Crippen molar-refractivity contribution in [2.45, 2.75) is 199 Å². The zero-order chi connectivity index (χ0) is 48.4.